The number of H-pyrrole nitrogens is 1. The first-order valence-electron chi connectivity index (χ1n) is 6.28. The zero-order valence-corrected chi connectivity index (χ0v) is 12.3. The molecule has 2 heterocycles. The number of aromatic amines is 1. The summed E-state index contributed by atoms with van der Waals surface area (Å²) in [6, 6.07) is 2.32. The number of hydrogen-bond acceptors (Lipinski definition) is 6. The van der Waals surface area contributed by atoms with Gasteiger partial charge in [0.15, 0.2) is 0 Å². The molecular weight excluding hydrogens is 298 g/mol. The van der Waals surface area contributed by atoms with E-state index in [0.717, 1.165) is 11.4 Å². The van der Waals surface area contributed by atoms with Gasteiger partial charge in [-0.3, -0.25) is 5.10 Å². The summed E-state index contributed by atoms with van der Waals surface area (Å²) in [5, 5.41) is 11.3. The molecule has 9 heteroatoms. The van der Waals surface area contributed by atoms with Gasteiger partial charge < -0.3 is 5.32 Å². The standard InChI is InChI=1S/C11H15N5O2S2/c17-20(18,15-5-11-13-7-14-16-11)10-3-9(19-6-10)4-12-8-1-2-8/h3,6-8,12,15H,1-2,4-5H2,(H,13,14,16). The quantitative estimate of drug-likeness (QED) is 0.695. The van der Waals surface area contributed by atoms with Crippen LogP contribution in [0, 0.1) is 0 Å². The molecule has 0 unspecified atom stereocenters. The molecule has 20 heavy (non-hydrogen) atoms. The molecule has 0 radical (unpaired) electrons. The van der Waals surface area contributed by atoms with Crippen molar-refractivity contribution in [3.05, 3.63) is 28.5 Å². The highest BCUT2D eigenvalue weighted by atomic mass is 32.2. The van der Waals surface area contributed by atoms with E-state index in [2.05, 4.69) is 25.2 Å². The smallest absolute Gasteiger partial charge is 0.241 e. The molecule has 0 spiro atoms. The van der Waals surface area contributed by atoms with Crippen LogP contribution in [-0.2, 0) is 23.1 Å². The van der Waals surface area contributed by atoms with Crippen molar-refractivity contribution in [2.24, 2.45) is 0 Å². The van der Waals surface area contributed by atoms with Crippen molar-refractivity contribution in [1.29, 1.82) is 0 Å². The van der Waals surface area contributed by atoms with E-state index in [1.54, 1.807) is 11.4 Å². The summed E-state index contributed by atoms with van der Waals surface area (Å²) in [5.74, 6) is 0.486. The van der Waals surface area contributed by atoms with Crippen molar-refractivity contribution in [2.45, 2.75) is 36.9 Å². The van der Waals surface area contributed by atoms with Gasteiger partial charge in [0.2, 0.25) is 10.0 Å². The highest BCUT2D eigenvalue weighted by Crippen LogP contribution is 2.22. The van der Waals surface area contributed by atoms with Crippen LogP contribution in [0.2, 0.25) is 0 Å². The summed E-state index contributed by atoms with van der Waals surface area (Å²) in [4.78, 5) is 5.20. The molecule has 3 rings (SSSR count). The highest BCUT2D eigenvalue weighted by molar-refractivity contribution is 7.89. The highest BCUT2D eigenvalue weighted by Gasteiger charge is 2.21. The van der Waals surface area contributed by atoms with Gasteiger partial charge in [0.25, 0.3) is 0 Å². The summed E-state index contributed by atoms with van der Waals surface area (Å²) in [6.07, 6.45) is 3.78. The van der Waals surface area contributed by atoms with Crippen LogP contribution in [0.15, 0.2) is 22.7 Å². The van der Waals surface area contributed by atoms with E-state index in [1.807, 2.05) is 0 Å². The maximum absolute atomic E-state index is 12.1. The molecule has 0 amide bonds. The van der Waals surface area contributed by atoms with E-state index in [0.29, 0.717) is 16.8 Å². The van der Waals surface area contributed by atoms with Gasteiger partial charge in [-0.2, -0.15) is 5.10 Å². The maximum Gasteiger partial charge on any atom is 0.241 e. The van der Waals surface area contributed by atoms with Gasteiger partial charge in [0, 0.05) is 22.8 Å². The molecule has 0 saturated heterocycles. The van der Waals surface area contributed by atoms with Gasteiger partial charge in [-0.25, -0.2) is 18.1 Å². The average Bonchev–Trinajstić information content (AvgIpc) is 2.94. The molecule has 108 valence electrons. The van der Waals surface area contributed by atoms with Crippen LogP contribution in [0.1, 0.15) is 23.5 Å². The minimum atomic E-state index is -3.49. The lowest BCUT2D eigenvalue weighted by molar-refractivity contribution is 0.579. The molecule has 2 aromatic heterocycles. The van der Waals surface area contributed by atoms with E-state index < -0.39 is 10.0 Å². The van der Waals surface area contributed by atoms with E-state index in [-0.39, 0.29) is 6.54 Å². The molecule has 1 aliphatic carbocycles. The zero-order valence-electron chi connectivity index (χ0n) is 10.7. The van der Waals surface area contributed by atoms with E-state index in [1.165, 1.54) is 30.5 Å². The van der Waals surface area contributed by atoms with Crippen LogP contribution in [-0.4, -0.2) is 29.6 Å². The lowest BCUT2D eigenvalue weighted by Gasteiger charge is -2.02. The van der Waals surface area contributed by atoms with Crippen LogP contribution < -0.4 is 10.0 Å². The van der Waals surface area contributed by atoms with Gasteiger partial charge in [-0.1, -0.05) is 0 Å². The van der Waals surface area contributed by atoms with Crippen molar-refractivity contribution in [3.8, 4) is 0 Å². The van der Waals surface area contributed by atoms with Crippen molar-refractivity contribution in [3.63, 3.8) is 0 Å². The topological polar surface area (TPSA) is 99.8 Å². The average molecular weight is 313 g/mol. The van der Waals surface area contributed by atoms with E-state index in [9.17, 15) is 8.42 Å². The first-order chi connectivity index (χ1) is 9.63. The lowest BCUT2D eigenvalue weighted by atomic mass is 10.4. The number of nitrogens with one attached hydrogen (secondary N) is 3. The Kier molecular flexibility index (Phi) is 3.83. The van der Waals surface area contributed by atoms with Gasteiger partial charge in [-0.15, -0.1) is 11.3 Å². The molecule has 1 fully saturated rings. The minimum Gasteiger partial charge on any atom is -0.309 e. The van der Waals surface area contributed by atoms with Crippen LogP contribution in [0.25, 0.3) is 0 Å². The summed E-state index contributed by atoms with van der Waals surface area (Å²) in [7, 11) is -3.49. The fourth-order valence-corrected chi connectivity index (χ4v) is 3.90. The van der Waals surface area contributed by atoms with Crippen LogP contribution >= 0.6 is 11.3 Å². The second-order valence-corrected chi connectivity index (χ2v) is 7.42. The number of sulfonamides is 1. The molecule has 0 aromatic carbocycles. The normalized spacial score (nSPS) is 15.6. The SMILES string of the molecule is O=S(=O)(NCc1ncn[nH]1)c1csc(CNC2CC2)c1. The molecule has 0 bridgehead atoms. The fourth-order valence-electron chi connectivity index (χ4n) is 1.69. The minimum absolute atomic E-state index is 0.105. The lowest BCUT2D eigenvalue weighted by Crippen LogP contribution is -2.23. The Morgan fingerprint density at radius 3 is 2.95 bits per heavy atom. The zero-order chi connectivity index (χ0) is 14.0. The fraction of sp³-hybridized carbons (Fsp3) is 0.455. The van der Waals surface area contributed by atoms with Crippen molar-refractivity contribution in [1.82, 2.24) is 25.2 Å². The predicted molar refractivity (Wildman–Crippen MR) is 74.6 cm³/mol. The summed E-state index contributed by atoms with van der Waals surface area (Å²) < 4.78 is 26.7. The third-order valence-corrected chi connectivity index (χ3v) is 5.44. The number of nitrogens with zero attached hydrogens (tertiary/aromatic N) is 2. The Hall–Kier alpha value is -1.29. The molecule has 3 N–H and O–H groups in total. The van der Waals surface area contributed by atoms with Crippen molar-refractivity contribution in [2.75, 3.05) is 0 Å². The Morgan fingerprint density at radius 2 is 2.25 bits per heavy atom. The first kappa shape index (κ1) is 13.7. The van der Waals surface area contributed by atoms with Gasteiger partial charge in [0.05, 0.1) is 11.4 Å². The Bertz CT molecular complexity index is 661. The van der Waals surface area contributed by atoms with Gasteiger partial charge >= 0.3 is 0 Å². The van der Waals surface area contributed by atoms with Crippen LogP contribution in [0.3, 0.4) is 0 Å². The van der Waals surface area contributed by atoms with E-state index >= 15 is 0 Å². The van der Waals surface area contributed by atoms with Crippen LogP contribution in [0.4, 0.5) is 0 Å². The summed E-state index contributed by atoms with van der Waals surface area (Å²) in [6.45, 7) is 0.834. The maximum atomic E-state index is 12.1. The second-order valence-electron chi connectivity index (χ2n) is 4.66. The number of rotatable bonds is 7. The molecule has 0 aliphatic heterocycles. The first-order valence-corrected chi connectivity index (χ1v) is 8.64. The van der Waals surface area contributed by atoms with Crippen LogP contribution in [0.5, 0.6) is 0 Å². The van der Waals surface area contributed by atoms with Gasteiger partial charge in [0.1, 0.15) is 12.2 Å². The van der Waals surface area contributed by atoms with Crippen molar-refractivity contribution < 1.29 is 8.42 Å². The molecule has 1 saturated carbocycles. The Balaban J connectivity index is 1.61. The second kappa shape index (κ2) is 5.60. The number of aromatic nitrogens is 3. The molecular formula is C11H15N5O2S2. The molecule has 7 nitrogen and oxygen atoms in total. The third-order valence-electron chi connectivity index (χ3n) is 2.98. The van der Waals surface area contributed by atoms with Gasteiger partial charge in [-0.05, 0) is 18.9 Å². The third kappa shape index (κ3) is 3.42. The number of thiophene rings is 1. The largest absolute Gasteiger partial charge is 0.309 e. The Labute approximate surface area is 120 Å². The predicted octanol–water partition coefficient (Wildman–Crippen LogP) is 0.597. The number of hydrogen-bond donors (Lipinski definition) is 3. The van der Waals surface area contributed by atoms with E-state index in [4.69, 9.17) is 0 Å². The summed E-state index contributed by atoms with van der Waals surface area (Å²) in [5.41, 5.74) is 0. The monoisotopic (exact) mass is 313 g/mol. The molecule has 1 aliphatic rings. The summed E-state index contributed by atoms with van der Waals surface area (Å²) >= 11 is 1.45. The van der Waals surface area contributed by atoms with Crippen molar-refractivity contribution >= 4 is 21.4 Å². The molecule has 2 aromatic rings. The molecule has 0 atom stereocenters. The Morgan fingerprint density at radius 1 is 1.40 bits per heavy atom.